The number of carbonyl (C=O) groups excluding carboxylic acids is 1. The minimum absolute atomic E-state index is 0.0474. The van der Waals surface area contributed by atoms with Crippen LogP contribution in [0.15, 0.2) is 29.6 Å². The fraction of sp³-hybridized carbons (Fsp3) is 0.500. The number of rotatable bonds is 5. The van der Waals surface area contributed by atoms with Crippen molar-refractivity contribution in [1.29, 1.82) is 0 Å². The van der Waals surface area contributed by atoms with Crippen LogP contribution in [0.4, 0.5) is 0 Å². The maximum absolute atomic E-state index is 13.5. The van der Waals surface area contributed by atoms with Crippen molar-refractivity contribution in [2.45, 2.75) is 44.2 Å². The van der Waals surface area contributed by atoms with Crippen LogP contribution < -0.4 is 9.47 Å². The summed E-state index contributed by atoms with van der Waals surface area (Å²) >= 11 is 6.30. The maximum Gasteiger partial charge on any atom is 0.267 e. The van der Waals surface area contributed by atoms with Crippen LogP contribution >= 0.6 is 11.6 Å². The Morgan fingerprint density at radius 1 is 1.19 bits per heavy atom. The van der Waals surface area contributed by atoms with Gasteiger partial charge in [-0.25, -0.2) is 0 Å². The largest absolute Gasteiger partial charge is 0.496 e. The van der Waals surface area contributed by atoms with E-state index in [-0.39, 0.29) is 11.9 Å². The van der Waals surface area contributed by atoms with E-state index >= 15 is 0 Å². The van der Waals surface area contributed by atoms with Gasteiger partial charge < -0.3 is 19.2 Å². The molecule has 1 aromatic carbocycles. The second-order valence-electron chi connectivity index (χ2n) is 7.83. The third kappa shape index (κ3) is 4.35. The minimum atomic E-state index is -0.676. The first-order valence-corrected chi connectivity index (χ1v) is 10.8. The number of ether oxygens (including phenoxy) is 2. The monoisotopic (exact) mass is 446 g/mol. The molecule has 4 rings (SSSR count). The highest BCUT2D eigenvalue weighted by Crippen LogP contribution is 2.36. The van der Waals surface area contributed by atoms with Gasteiger partial charge in [-0.3, -0.25) is 9.48 Å². The number of halogens is 1. The topological polar surface area (TPSA) is 78.2 Å². The standard InChI is InChI=1S/C22H27ClN4O4/c1-26-10-8-16(24-26)18-7-5-4-6-9-27(18)22(28)21-12-17(25-31-21)14-11-15(23)20(30-3)13-19(14)29-2/h8,10-11,13,18,21H,4-7,9,12H2,1-3H3/t18-,21+/m1/s1. The van der Waals surface area contributed by atoms with Gasteiger partial charge in [-0.05, 0) is 25.0 Å². The molecular weight excluding hydrogens is 420 g/mol. The average molecular weight is 447 g/mol. The third-order valence-corrected chi connectivity index (χ3v) is 6.14. The summed E-state index contributed by atoms with van der Waals surface area (Å²) in [4.78, 5) is 21.0. The van der Waals surface area contributed by atoms with Crippen molar-refractivity contribution >= 4 is 23.2 Å². The molecule has 8 nitrogen and oxygen atoms in total. The molecule has 31 heavy (non-hydrogen) atoms. The van der Waals surface area contributed by atoms with Gasteiger partial charge in [0.05, 0.1) is 36.7 Å². The first kappa shape index (κ1) is 21.5. The van der Waals surface area contributed by atoms with Crippen LogP contribution in [0.3, 0.4) is 0 Å². The van der Waals surface area contributed by atoms with Crippen LogP contribution in [-0.2, 0) is 16.7 Å². The summed E-state index contributed by atoms with van der Waals surface area (Å²) in [6.07, 6.45) is 5.62. The lowest BCUT2D eigenvalue weighted by Crippen LogP contribution is -2.41. The lowest BCUT2D eigenvalue weighted by Gasteiger charge is -2.30. The number of methoxy groups -OCH3 is 2. The van der Waals surface area contributed by atoms with E-state index in [1.807, 2.05) is 24.2 Å². The molecule has 0 radical (unpaired) electrons. The van der Waals surface area contributed by atoms with E-state index in [0.29, 0.717) is 40.8 Å². The summed E-state index contributed by atoms with van der Waals surface area (Å²) in [6.45, 7) is 0.687. The second kappa shape index (κ2) is 9.18. The lowest BCUT2D eigenvalue weighted by molar-refractivity contribution is -0.144. The van der Waals surface area contributed by atoms with Crippen molar-refractivity contribution in [2.75, 3.05) is 20.8 Å². The van der Waals surface area contributed by atoms with Crippen LogP contribution in [0, 0.1) is 0 Å². The molecule has 9 heteroatoms. The zero-order valence-corrected chi connectivity index (χ0v) is 18.8. The van der Waals surface area contributed by atoms with Crippen LogP contribution in [0.2, 0.25) is 5.02 Å². The van der Waals surface area contributed by atoms with Gasteiger partial charge in [0.15, 0.2) is 0 Å². The van der Waals surface area contributed by atoms with Gasteiger partial charge in [-0.1, -0.05) is 29.6 Å². The molecule has 0 spiro atoms. The molecule has 1 fully saturated rings. The van der Waals surface area contributed by atoms with E-state index < -0.39 is 6.10 Å². The Balaban J connectivity index is 1.54. The fourth-order valence-corrected chi connectivity index (χ4v) is 4.47. The van der Waals surface area contributed by atoms with Crippen molar-refractivity contribution in [1.82, 2.24) is 14.7 Å². The highest BCUT2D eigenvalue weighted by molar-refractivity contribution is 6.32. The normalized spacial score (nSPS) is 21.3. The SMILES string of the molecule is COc1cc(OC)c(C2=NO[C@H](C(=O)N3CCCCC[C@@H]3c3ccn(C)n3)C2)cc1Cl. The van der Waals surface area contributed by atoms with Crippen molar-refractivity contribution in [3.63, 3.8) is 0 Å². The van der Waals surface area contributed by atoms with E-state index in [4.69, 9.17) is 25.9 Å². The molecule has 2 atom stereocenters. The summed E-state index contributed by atoms with van der Waals surface area (Å²) < 4.78 is 12.5. The number of benzene rings is 1. The number of likely N-dealkylation sites (tertiary alicyclic amines) is 1. The smallest absolute Gasteiger partial charge is 0.267 e. The van der Waals surface area contributed by atoms with E-state index in [1.165, 1.54) is 0 Å². The fourth-order valence-electron chi connectivity index (χ4n) is 4.23. The predicted octanol–water partition coefficient (Wildman–Crippen LogP) is 3.73. The molecule has 0 aliphatic carbocycles. The van der Waals surface area contributed by atoms with Gasteiger partial charge in [0.25, 0.3) is 5.91 Å². The van der Waals surface area contributed by atoms with E-state index in [2.05, 4.69) is 10.3 Å². The van der Waals surface area contributed by atoms with Gasteiger partial charge in [-0.15, -0.1) is 0 Å². The number of nitrogens with zero attached hydrogens (tertiary/aromatic N) is 4. The van der Waals surface area contributed by atoms with Crippen LogP contribution in [0.1, 0.15) is 49.4 Å². The summed E-state index contributed by atoms with van der Waals surface area (Å²) in [6, 6.07) is 5.38. The van der Waals surface area contributed by atoms with Crippen molar-refractivity contribution in [2.24, 2.45) is 12.2 Å². The van der Waals surface area contributed by atoms with Gasteiger partial charge in [0.1, 0.15) is 11.5 Å². The Morgan fingerprint density at radius 2 is 2.00 bits per heavy atom. The average Bonchev–Trinajstić information content (AvgIpc) is 3.36. The Morgan fingerprint density at radius 3 is 2.71 bits per heavy atom. The third-order valence-electron chi connectivity index (χ3n) is 5.84. The second-order valence-corrected chi connectivity index (χ2v) is 8.24. The quantitative estimate of drug-likeness (QED) is 0.699. The number of amides is 1. The van der Waals surface area contributed by atoms with Crippen molar-refractivity contribution in [3.8, 4) is 11.5 Å². The Labute approximate surface area is 186 Å². The van der Waals surface area contributed by atoms with E-state index in [9.17, 15) is 4.79 Å². The molecule has 0 unspecified atom stereocenters. The molecule has 2 aromatic rings. The summed E-state index contributed by atoms with van der Waals surface area (Å²) in [7, 11) is 5.00. The molecule has 2 aliphatic rings. The molecule has 2 aliphatic heterocycles. The van der Waals surface area contributed by atoms with Crippen molar-refractivity contribution < 1.29 is 19.1 Å². The van der Waals surface area contributed by atoms with Crippen LogP contribution in [0.5, 0.6) is 11.5 Å². The number of aromatic nitrogens is 2. The van der Waals surface area contributed by atoms with Gasteiger partial charge in [0, 0.05) is 37.8 Å². The van der Waals surface area contributed by atoms with Crippen LogP contribution in [0.25, 0.3) is 0 Å². The van der Waals surface area contributed by atoms with Gasteiger partial charge >= 0.3 is 0 Å². The summed E-state index contributed by atoms with van der Waals surface area (Å²) in [5, 5.41) is 9.20. The number of carbonyl (C=O) groups is 1. The van der Waals surface area contributed by atoms with Gasteiger partial charge in [-0.2, -0.15) is 5.10 Å². The highest BCUT2D eigenvalue weighted by atomic mass is 35.5. The predicted molar refractivity (Wildman–Crippen MR) is 117 cm³/mol. The maximum atomic E-state index is 13.5. The minimum Gasteiger partial charge on any atom is -0.496 e. The molecule has 0 bridgehead atoms. The Kier molecular flexibility index (Phi) is 6.36. The molecule has 166 valence electrons. The van der Waals surface area contributed by atoms with Crippen LogP contribution in [-0.4, -0.2) is 53.2 Å². The molecule has 1 amide bonds. The van der Waals surface area contributed by atoms with E-state index in [1.54, 1.807) is 31.0 Å². The van der Waals surface area contributed by atoms with Gasteiger partial charge in [0.2, 0.25) is 6.10 Å². The number of oxime groups is 1. The molecule has 3 heterocycles. The number of hydrogen-bond acceptors (Lipinski definition) is 6. The Hall–Kier alpha value is -2.74. The molecular formula is C22H27ClN4O4. The summed E-state index contributed by atoms with van der Waals surface area (Å²) in [5.41, 5.74) is 2.24. The molecule has 0 saturated carbocycles. The number of hydrogen-bond donors (Lipinski definition) is 0. The summed E-state index contributed by atoms with van der Waals surface area (Å²) in [5.74, 6) is 1.02. The first-order valence-electron chi connectivity index (χ1n) is 10.5. The molecule has 1 saturated heterocycles. The van der Waals surface area contributed by atoms with E-state index in [0.717, 1.165) is 31.4 Å². The Bertz CT molecular complexity index is 990. The van der Waals surface area contributed by atoms with Crippen molar-refractivity contribution in [3.05, 3.63) is 40.7 Å². The zero-order chi connectivity index (χ0) is 22.0. The first-order chi connectivity index (χ1) is 15.0. The number of aryl methyl sites for hydroxylation is 1. The zero-order valence-electron chi connectivity index (χ0n) is 18.0. The lowest BCUT2D eigenvalue weighted by atomic mass is 10.0. The highest BCUT2D eigenvalue weighted by Gasteiger charge is 2.37. The molecule has 1 aromatic heterocycles. The molecule has 0 N–H and O–H groups in total.